The zero-order valence-corrected chi connectivity index (χ0v) is 6.67. The van der Waals surface area contributed by atoms with Crippen LogP contribution in [0.5, 0.6) is 0 Å². The molecule has 1 saturated carbocycles. The normalized spacial score (nSPS) is 18.2. The molecule has 1 aliphatic rings. The van der Waals surface area contributed by atoms with Crippen molar-refractivity contribution in [2.24, 2.45) is 0 Å². The first-order chi connectivity index (χ1) is 4.45. The molecule has 0 aliphatic heterocycles. The third-order valence-corrected chi connectivity index (χ3v) is 3.71. The molecule has 0 bridgehead atoms. The lowest BCUT2D eigenvalue weighted by atomic mass is 10.7. The average molecular weight is 156 g/mol. The fraction of sp³-hybridized carbons (Fsp3) is 0.429. The summed E-state index contributed by atoms with van der Waals surface area (Å²) in [5.41, 5.74) is 0. The van der Waals surface area contributed by atoms with E-state index in [1.54, 1.807) is 0 Å². The van der Waals surface area contributed by atoms with Gasteiger partial charge in [-0.15, -0.1) is 23.1 Å². The minimum absolute atomic E-state index is 0.962. The largest absolute Gasteiger partial charge is 0.137 e. The molecule has 1 aliphatic carbocycles. The number of rotatable bonds is 2. The van der Waals surface area contributed by atoms with E-state index in [4.69, 9.17) is 0 Å². The van der Waals surface area contributed by atoms with E-state index in [9.17, 15) is 0 Å². The minimum Gasteiger partial charge on any atom is -0.137 e. The first kappa shape index (κ1) is 5.81. The Labute approximate surface area is 63.3 Å². The van der Waals surface area contributed by atoms with Crippen molar-refractivity contribution in [3.63, 3.8) is 0 Å². The Hall–Kier alpha value is 0.0500. The smallest absolute Gasteiger partial charge is 0.0601 e. The molecule has 48 valence electrons. The summed E-state index contributed by atoms with van der Waals surface area (Å²) in [6.45, 7) is 0. The van der Waals surface area contributed by atoms with Crippen LogP contribution < -0.4 is 0 Å². The second-order valence-corrected chi connectivity index (χ2v) is 4.80. The van der Waals surface area contributed by atoms with Crippen molar-refractivity contribution in [3.8, 4) is 0 Å². The summed E-state index contributed by atoms with van der Waals surface area (Å²) >= 11 is 3.89. The molecule has 0 radical (unpaired) electrons. The van der Waals surface area contributed by atoms with Crippen molar-refractivity contribution in [1.29, 1.82) is 0 Å². The van der Waals surface area contributed by atoms with E-state index >= 15 is 0 Å². The molecule has 0 saturated heterocycles. The van der Waals surface area contributed by atoms with E-state index in [0.717, 1.165) is 5.25 Å². The van der Waals surface area contributed by atoms with E-state index in [1.165, 1.54) is 17.1 Å². The van der Waals surface area contributed by atoms with Crippen LogP contribution in [0.4, 0.5) is 0 Å². The SMILES string of the molecule is c1csc(SC2CC2)c1. The third-order valence-electron chi connectivity index (χ3n) is 1.30. The van der Waals surface area contributed by atoms with Crippen molar-refractivity contribution < 1.29 is 0 Å². The van der Waals surface area contributed by atoms with Gasteiger partial charge in [0, 0.05) is 5.25 Å². The number of hydrogen-bond acceptors (Lipinski definition) is 2. The summed E-state index contributed by atoms with van der Waals surface area (Å²) in [5.74, 6) is 0. The summed E-state index contributed by atoms with van der Waals surface area (Å²) in [6.07, 6.45) is 2.87. The number of thiophene rings is 1. The van der Waals surface area contributed by atoms with Crippen LogP contribution in [0.1, 0.15) is 12.8 Å². The Morgan fingerprint density at radius 1 is 1.56 bits per heavy atom. The molecule has 0 unspecified atom stereocenters. The maximum atomic E-state index is 2.20. The molecule has 1 heterocycles. The molecule has 0 aromatic carbocycles. The van der Waals surface area contributed by atoms with Gasteiger partial charge in [-0.2, -0.15) is 0 Å². The maximum Gasteiger partial charge on any atom is 0.0601 e. The van der Waals surface area contributed by atoms with Crippen molar-refractivity contribution in [1.82, 2.24) is 0 Å². The highest BCUT2D eigenvalue weighted by Gasteiger charge is 2.22. The predicted molar refractivity (Wildman–Crippen MR) is 43.2 cm³/mol. The average Bonchev–Trinajstić information content (AvgIpc) is 2.46. The lowest BCUT2D eigenvalue weighted by molar-refractivity contribution is 1.50. The molecular weight excluding hydrogens is 148 g/mol. The summed E-state index contributed by atoms with van der Waals surface area (Å²) < 4.78 is 1.48. The molecule has 0 amide bonds. The lowest BCUT2D eigenvalue weighted by Crippen LogP contribution is -1.65. The van der Waals surface area contributed by atoms with Crippen LogP contribution in [0.15, 0.2) is 21.7 Å². The fourth-order valence-corrected chi connectivity index (χ4v) is 2.78. The molecule has 0 nitrogen and oxygen atoms in total. The van der Waals surface area contributed by atoms with E-state index in [-0.39, 0.29) is 0 Å². The summed E-state index contributed by atoms with van der Waals surface area (Å²) in [7, 11) is 0. The van der Waals surface area contributed by atoms with Gasteiger partial charge in [-0.3, -0.25) is 0 Å². The molecular formula is C7H8S2. The summed E-state index contributed by atoms with van der Waals surface area (Å²) in [6, 6.07) is 4.32. The van der Waals surface area contributed by atoms with Gasteiger partial charge in [-0.05, 0) is 24.3 Å². The Morgan fingerprint density at radius 2 is 2.44 bits per heavy atom. The molecule has 1 fully saturated rings. The highest BCUT2D eigenvalue weighted by Crippen LogP contribution is 2.40. The quantitative estimate of drug-likeness (QED) is 0.634. The molecule has 1 aromatic heterocycles. The first-order valence-electron chi connectivity index (χ1n) is 3.15. The van der Waals surface area contributed by atoms with Gasteiger partial charge in [-0.25, -0.2) is 0 Å². The van der Waals surface area contributed by atoms with Crippen molar-refractivity contribution in [2.45, 2.75) is 22.3 Å². The summed E-state index contributed by atoms with van der Waals surface area (Å²) in [5, 5.41) is 3.11. The van der Waals surface area contributed by atoms with Gasteiger partial charge in [0.1, 0.15) is 0 Å². The van der Waals surface area contributed by atoms with E-state index in [2.05, 4.69) is 17.5 Å². The predicted octanol–water partition coefficient (Wildman–Crippen LogP) is 3.00. The molecule has 9 heavy (non-hydrogen) atoms. The zero-order chi connectivity index (χ0) is 6.10. The van der Waals surface area contributed by atoms with Crippen molar-refractivity contribution in [3.05, 3.63) is 17.5 Å². The molecule has 1 aromatic rings. The van der Waals surface area contributed by atoms with Gasteiger partial charge in [-0.1, -0.05) is 6.07 Å². The molecule has 0 atom stereocenters. The van der Waals surface area contributed by atoms with Crippen molar-refractivity contribution >= 4 is 23.1 Å². The van der Waals surface area contributed by atoms with Crippen LogP contribution in [-0.2, 0) is 0 Å². The van der Waals surface area contributed by atoms with Crippen LogP contribution in [0, 0.1) is 0 Å². The van der Waals surface area contributed by atoms with Crippen molar-refractivity contribution in [2.75, 3.05) is 0 Å². The minimum atomic E-state index is 0.962. The number of thioether (sulfide) groups is 1. The second-order valence-electron chi connectivity index (χ2n) is 2.25. The highest BCUT2D eigenvalue weighted by atomic mass is 32.2. The van der Waals surface area contributed by atoms with E-state index in [1.807, 2.05) is 23.1 Å². The van der Waals surface area contributed by atoms with Gasteiger partial charge < -0.3 is 0 Å². The third kappa shape index (κ3) is 1.49. The monoisotopic (exact) mass is 156 g/mol. The van der Waals surface area contributed by atoms with E-state index < -0.39 is 0 Å². The van der Waals surface area contributed by atoms with Crippen LogP contribution >= 0.6 is 23.1 Å². The van der Waals surface area contributed by atoms with E-state index in [0.29, 0.717) is 0 Å². The lowest BCUT2D eigenvalue weighted by Gasteiger charge is -1.88. The van der Waals surface area contributed by atoms with Crippen LogP contribution in [0.3, 0.4) is 0 Å². The molecule has 2 rings (SSSR count). The topological polar surface area (TPSA) is 0 Å². The Bertz CT molecular complexity index is 175. The van der Waals surface area contributed by atoms with Gasteiger partial charge in [0.25, 0.3) is 0 Å². The van der Waals surface area contributed by atoms with Crippen LogP contribution in [-0.4, -0.2) is 5.25 Å². The zero-order valence-electron chi connectivity index (χ0n) is 5.04. The van der Waals surface area contributed by atoms with Gasteiger partial charge in [0.2, 0.25) is 0 Å². The Balaban J connectivity index is 1.99. The Morgan fingerprint density at radius 3 is 3.00 bits per heavy atom. The molecule has 0 spiro atoms. The first-order valence-corrected chi connectivity index (χ1v) is 4.91. The highest BCUT2D eigenvalue weighted by molar-refractivity contribution is 8.01. The number of hydrogen-bond donors (Lipinski definition) is 0. The van der Waals surface area contributed by atoms with Gasteiger partial charge >= 0.3 is 0 Å². The molecule has 0 N–H and O–H groups in total. The van der Waals surface area contributed by atoms with Crippen LogP contribution in [0.25, 0.3) is 0 Å². The Kier molecular flexibility index (Phi) is 1.52. The van der Waals surface area contributed by atoms with Crippen LogP contribution in [0.2, 0.25) is 0 Å². The maximum absolute atomic E-state index is 2.20. The van der Waals surface area contributed by atoms with Gasteiger partial charge in [0.05, 0.1) is 4.21 Å². The second kappa shape index (κ2) is 2.35. The molecule has 2 heteroatoms. The standard InChI is InChI=1S/C7H8S2/c1-2-7(8-5-1)9-6-3-4-6/h1-2,5-6H,3-4H2. The van der Waals surface area contributed by atoms with Gasteiger partial charge in [0.15, 0.2) is 0 Å². The fourth-order valence-electron chi connectivity index (χ4n) is 0.681. The summed E-state index contributed by atoms with van der Waals surface area (Å²) in [4.78, 5) is 0.